The van der Waals surface area contributed by atoms with Gasteiger partial charge in [0.05, 0.1) is 18.7 Å². The highest BCUT2D eigenvalue weighted by atomic mass is 16.5. The summed E-state index contributed by atoms with van der Waals surface area (Å²) >= 11 is 0. The van der Waals surface area contributed by atoms with Crippen molar-refractivity contribution in [1.29, 1.82) is 0 Å². The molecule has 0 fully saturated rings. The van der Waals surface area contributed by atoms with Gasteiger partial charge >= 0.3 is 5.97 Å². The van der Waals surface area contributed by atoms with Crippen LogP contribution in [0.1, 0.15) is 53.5 Å². The van der Waals surface area contributed by atoms with Gasteiger partial charge in [0.25, 0.3) is 0 Å². The predicted octanol–water partition coefficient (Wildman–Crippen LogP) is 2.81. The number of nitrogens with zero attached hydrogens (tertiary/aromatic N) is 3. The summed E-state index contributed by atoms with van der Waals surface area (Å²) in [6.07, 6.45) is 2.79. The van der Waals surface area contributed by atoms with Gasteiger partial charge in [-0.2, -0.15) is 5.10 Å². The lowest BCUT2D eigenvalue weighted by Crippen LogP contribution is -2.28. The van der Waals surface area contributed by atoms with E-state index in [0.717, 1.165) is 22.3 Å². The number of ether oxygens (including phenoxy) is 1. The lowest BCUT2D eigenvalue weighted by molar-refractivity contribution is -0.142. The van der Waals surface area contributed by atoms with Crippen LogP contribution in [-0.4, -0.2) is 38.5 Å². The second kappa shape index (κ2) is 7.94. The molecule has 4 rings (SSSR count). The second-order valence-corrected chi connectivity index (χ2v) is 8.39. The topological polar surface area (TPSA) is 124 Å². The number of benzene rings is 1. The average molecular weight is 419 g/mol. The van der Waals surface area contributed by atoms with Crippen molar-refractivity contribution in [3.05, 3.63) is 58.4 Å². The fourth-order valence-electron chi connectivity index (χ4n) is 4.20. The molecule has 0 unspecified atom stereocenters. The first-order valence-corrected chi connectivity index (χ1v) is 10.3. The molecule has 0 spiro atoms. The van der Waals surface area contributed by atoms with Gasteiger partial charge in [-0.15, -0.1) is 0 Å². The van der Waals surface area contributed by atoms with Crippen molar-refractivity contribution < 1.29 is 14.3 Å². The SMILES string of the molecule is CCOC(=O)Cc1cccc(CC(=O)c2[nH]nc3c2C(C)(C)Cc2cnc(N)nc2-3)c1. The first-order chi connectivity index (χ1) is 14.8. The third-order valence-electron chi connectivity index (χ3n) is 5.47. The van der Waals surface area contributed by atoms with E-state index < -0.39 is 0 Å². The number of fused-ring (bicyclic) bond motifs is 3. The highest BCUT2D eigenvalue weighted by Crippen LogP contribution is 2.42. The zero-order valence-electron chi connectivity index (χ0n) is 17.9. The Morgan fingerprint density at radius 2 is 1.94 bits per heavy atom. The van der Waals surface area contributed by atoms with Gasteiger partial charge in [-0.25, -0.2) is 9.97 Å². The highest BCUT2D eigenvalue weighted by Gasteiger charge is 2.38. The summed E-state index contributed by atoms with van der Waals surface area (Å²) in [5.41, 5.74) is 10.7. The van der Waals surface area contributed by atoms with Crippen LogP contribution in [0.2, 0.25) is 0 Å². The predicted molar refractivity (Wildman–Crippen MR) is 116 cm³/mol. The van der Waals surface area contributed by atoms with Crippen molar-refractivity contribution in [2.75, 3.05) is 12.3 Å². The molecule has 2 heterocycles. The van der Waals surface area contributed by atoms with Crippen LogP contribution in [0, 0.1) is 0 Å². The van der Waals surface area contributed by atoms with Crippen LogP contribution in [-0.2, 0) is 34.2 Å². The number of Topliss-reactive ketones (excluding diaryl/α,β-unsaturated/α-hetero) is 1. The Balaban J connectivity index is 1.63. The van der Waals surface area contributed by atoms with Crippen molar-refractivity contribution in [3.8, 4) is 11.4 Å². The standard InChI is InChI=1S/C23H25N5O3/c1-4-31-17(30)10-14-7-5-6-13(8-14)9-16(29)20-18-21(28-27-20)19-15(11-23(18,2)3)12-25-22(24)26-19/h5-8,12H,4,9-11H2,1-3H3,(H,27,28)(H2,24,25,26). The molecule has 31 heavy (non-hydrogen) atoms. The number of esters is 1. The average Bonchev–Trinajstić information content (AvgIpc) is 3.16. The van der Waals surface area contributed by atoms with Gasteiger partial charge in [0.1, 0.15) is 11.4 Å². The minimum Gasteiger partial charge on any atom is -0.466 e. The summed E-state index contributed by atoms with van der Waals surface area (Å²) in [6.45, 7) is 6.28. The molecule has 0 radical (unpaired) electrons. The molecule has 8 nitrogen and oxygen atoms in total. The van der Waals surface area contributed by atoms with Crippen LogP contribution in [0.4, 0.5) is 5.95 Å². The number of carbonyl (C=O) groups is 2. The molecule has 2 aromatic heterocycles. The monoisotopic (exact) mass is 419 g/mol. The van der Waals surface area contributed by atoms with Gasteiger partial charge in [0.2, 0.25) is 5.95 Å². The van der Waals surface area contributed by atoms with Crippen LogP contribution in [0.25, 0.3) is 11.4 Å². The molecule has 0 saturated carbocycles. The number of carbonyl (C=O) groups excluding carboxylic acids is 2. The van der Waals surface area contributed by atoms with E-state index in [1.165, 1.54) is 0 Å². The Bertz CT molecular complexity index is 1170. The Morgan fingerprint density at radius 3 is 2.68 bits per heavy atom. The maximum absolute atomic E-state index is 13.2. The first-order valence-electron chi connectivity index (χ1n) is 10.3. The summed E-state index contributed by atoms with van der Waals surface area (Å²) < 4.78 is 5.01. The van der Waals surface area contributed by atoms with Crippen LogP contribution < -0.4 is 5.73 Å². The molecule has 160 valence electrons. The molecule has 1 aliphatic rings. The number of aromatic nitrogens is 4. The summed E-state index contributed by atoms with van der Waals surface area (Å²) in [4.78, 5) is 33.5. The summed E-state index contributed by atoms with van der Waals surface area (Å²) in [5, 5.41) is 7.36. The Morgan fingerprint density at radius 1 is 1.19 bits per heavy atom. The van der Waals surface area contributed by atoms with E-state index in [0.29, 0.717) is 30.1 Å². The lowest BCUT2D eigenvalue weighted by Gasteiger charge is -2.30. The van der Waals surface area contributed by atoms with Gasteiger partial charge in [0, 0.05) is 18.2 Å². The highest BCUT2D eigenvalue weighted by molar-refractivity contribution is 5.99. The van der Waals surface area contributed by atoms with E-state index in [4.69, 9.17) is 10.5 Å². The van der Waals surface area contributed by atoms with Crippen LogP contribution in [0.15, 0.2) is 30.5 Å². The van der Waals surface area contributed by atoms with E-state index in [2.05, 4.69) is 34.0 Å². The van der Waals surface area contributed by atoms with E-state index in [-0.39, 0.29) is 36.0 Å². The molecule has 3 aromatic rings. The summed E-state index contributed by atoms with van der Waals surface area (Å²) in [7, 11) is 0. The number of ketones is 1. The maximum atomic E-state index is 13.2. The zero-order chi connectivity index (χ0) is 22.2. The minimum absolute atomic E-state index is 0.0689. The number of nitrogens with two attached hydrogens (primary N) is 1. The van der Waals surface area contributed by atoms with E-state index >= 15 is 0 Å². The number of rotatable bonds is 6. The van der Waals surface area contributed by atoms with Gasteiger partial charge in [0.15, 0.2) is 5.78 Å². The first kappa shape index (κ1) is 20.7. The molecule has 3 N–H and O–H groups in total. The van der Waals surface area contributed by atoms with Crippen molar-refractivity contribution in [2.45, 2.75) is 45.4 Å². The fraction of sp³-hybridized carbons (Fsp3) is 0.348. The molecule has 0 amide bonds. The molecular formula is C23H25N5O3. The van der Waals surface area contributed by atoms with Gasteiger partial charge < -0.3 is 10.5 Å². The lowest BCUT2D eigenvalue weighted by atomic mass is 9.72. The number of aromatic amines is 1. The number of anilines is 1. The molecule has 1 aromatic carbocycles. The van der Waals surface area contributed by atoms with Gasteiger partial charge in [-0.3, -0.25) is 14.7 Å². The van der Waals surface area contributed by atoms with Crippen molar-refractivity contribution in [3.63, 3.8) is 0 Å². The molecule has 0 aliphatic heterocycles. The number of H-pyrrole nitrogens is 1. The molecule has 0 atom stereocenters. The van der Waals surface area contributed by atoms with Crippen LogP contribution >= 0.6 is 0 Å². The second-order valence-electron chi connectivity index (χ2n) is 8.39. The third-order valence-corrected chi connectivity index (χ3v) is 5.47. The van der Waals surface area contributed by atoms with E-state index in [1.807, 2.05) is 24.3 Å². The van der Waals surface area contributed by atoms with E-state index in [1.54, 1.807) is 13.1 Å². The number of hydrogen-bond donors (Lipinski definition) is 2. The van der Waals surface area contributed by atoms with Crippen LogP contribution in [0.3, 0.4) is 0 Å². The van der Waals surface area contributed by atoms with Crippen LogP contribution in [0.5, 0.6) is 0 Å². The molecule has 0 saturated heterocycles. The number of hydrogen-bond acceptors (Lipinski definition) is 7. The Hall–Kier alpha value is -3.55. The van der Waals surface area contributed by atoms with Crippen molar-refractivity contribution >= 4 is 17.7 Å². The Labute approximate surface area is 180 Å². The third kappa shape index (κ3) is 4.05. The summed E-state index contributed by atoms with van der Waals surface area (Å²) in [5.74, 6) is -0.172. The smallest absolute Gasteiger partial charge is 0.310 e. The fourth-order valence-corrected chi connectivity index (χ4v) is 4.20. The summed E-state index contributed by atoms with van der Waals surface area (Å²) in [6, 6.07) is 7.45. The number of nitrogen functional groups attached to an aromatic ring is 1. The largest absolute Gasteiger partial charge is 0.466 e. The minimum atomic E-state index is -0.314. The molecule has 1 aliphatic carbocycles. The maximum Gasteiger partial charge on any atom is 0.310 e. The van der Waals surface area contributed by atoms with Crippen molar-refractivity contribution in [2.24, 2.45) is 0 Å². The van der Waals surface area contributed by atoms with Gasteiger partial charge in [-0.05, 0) is 35.4 Å². The quantitative estimate of drug-likeness (QED) is 0.465. The molecule has 8 heteroatoms. The van der Waals surface area contributed by atoms with E-state index in [9.17, 15) is 9.59 Å². The molecule has 0 bridgehead atoms. The Kier molecular flexibility index (Phi) is 5.31. The van der Waals surface area contributed by atoms with Crippen molar-refractivity contribution in [1.82, 2.24) is 20.2 Å². The molecular weight excluding hydrogens is 394 g/mol. The van der Waals surface area contributed by atoms with Gasteiger partial charge in [-0.1, -0.05) is 38.1 Å². The number of nitrogens with one attached hydrogen (secondary N) is 1. The zero-order valence-corrected chi connectivity index (χ0v) is 17.9. The normalized spacial score (nSPS) is 13.9.